The van der Waals surface area contributed by atoms with Crippen molar-refractivity contribution in [2.24, 2.45) is 0 Å². The van der Waals surface area contributed by atoms with E-state index in [-0.39, 0.29) is 11.1 Å². The lowest BCUT2D eigenvalue weighted by Gasteiger charge is -2.51. The molecule has 0 radical (unpaired) electrons. The highest BCUT2D eigenvalue weighted by Gasteiger charge is 2.45. The van der Waals surface area contributed by atoms with Crippen molar-refractivity contribution < 1.29 is 4.74 Å². The zero-order valence-electron chi connectivity index (χ0n) is 13.8. The molecule has 3 heteroatoms. The van der Waals surface area contributed by atoms with Gasteiger partial charge in [0.1, 0.15) is 0 Å². The van der Waals surface area contributed by atoms with E-state index in [2.05, 4.69) is 37.9 Å². The summed E-state index contributed by atoms with van der Waals surface area (Å²) in [6.45, 7) is 12.6. The summed E-state index contributed by atoms with van der Waals surface area (Å²) in [5, 5.41) is 3.87. The minimum absolute atomic E-state index is 0.0912. The maximum Gasteiger partial charge on any atom is 0.0710 e. The van der Waals surface area contributed by atoms with Gasteiger partial charge in [0, 0.05) is 30.7 Å². The molecule has 0 bridgehead atoms. The Bertz CT molecular complexity index is 358. The smallest absolute Gasteiger partial charge is 0.0710 e. The summed E-state index contributed by atoms with van der Waals surface area (Å²) < 4.78 is 6.23. The first-order valence-electron chi connectivity index (χ1n) is 8.48. The Morgan fingerprint density at radius 2 is 1.80 bits per heavy atom. The van der Waals surface area contributed by atoms with Gasteiger partial charge in [0.25, 0.3) is 0 Å². The van der Waals surface area contributed by atoms with Crippen molar-refractivity contribution in [3.8, 4) is 0 Å². The Hall–Kier alpha value is -0.120. The van der Waals surface area contributed by atoms with Crippen LogP contribution in [0.15, 0.2) is 0 Å². The fraction of sp³-hybridized carbons (Fsp3) is 1.00. The van der Waals surface area contributed by atoms with Crippen LogP contribution < -0.4 is 5.32 Å². The van der Waals surface area contributed by atoms with Crippen LogP contribution in [-0.4, -0.2) is 47.3 Å². The van der Waals surface area contributed by atoms with E-state index in [1.165, 1.54) is 45.1 Å². The Morgan fingerprint density at radius 1 is 1.10 bits per heavy atom. The first-order valence-corrected chi connectivity index (χ1v) is 8.48. The summed E-state index contributed by atoms with van der Waals surface area (Å²) in [6.07, 6.45) is 8.37. The molecule has 1 aliphatic carbocycles. The first-order chi connectivity index (χ1) is 9.30. The van der Waals surface area contributed by atoms with Crippen LogP contribution in [0.3, 0.4) is 0 Å². The molecule has 3 fully saturated rings. The van der Waals surface area contributed by atoms with Gasteiger partial charge in [-0.1, -0.05) is 12.8 Å². The molecule has 1 spiro atoms. The van der Waals surface area contributed by atoms with E-state index in [0.29, 0.717) is 11.6 Å². The fourth-order valence-electron chi connectivity index (χ4n) is 4.30. The van der Waals surface area contributed by atoms with Crippen LogP contribution in [0.1, 0.15) is 66.2 Å². The van der Waals surface area contributed by atoms with E-state index in [9.17, 15) is 0 Å². The fourth-order valence-corrected chi connectivity index (χ4v) is 4.30. The van der Waals surface area contributed by atoms with Gasteiger partial charge in [0.15, 0.2) is 0 Å². The van der Waals surface area contributed by atoms with Crippen molar-refractivity contribution in [1.82, 2.24) is 10.2 Å². The maximum atomic E-state index is 6.23. The summed E-state index contributed by atoms with van der Waals surface area (Å²) in [5.41, 5.74) is 0.751. The molecule has 1 atom stereocenters. The molecule has 2 heterocycles. The number of piperazine rings is 1. The molecule has 1 saturated carbocycles. The van der Waals surface area contributed by atoms with Gasteiger partial charge < -0.3 is 10.1 Å². The van der Waals surface area contributed by atoms with Crippen LogP contribution >= 0.6 is 0 Å². The largest absolute Gasteiger partial charge is 0.371 e. The van der Waals surface area contributed by atoms with E-state index in [0.717, 1.165) is 13.1 Å². The van der Waals surface area contributed by atoms with Crippen LogP contribution in [-0.2, 0) is 4.74 Å². The van der Waals surface area contributed by atoms with Gasteiger partial charge in [0.05, 0.1) is 11.7 Å². The van der Waals surface area contributed by atoms with E-state index >= 15 is 0 Å². The molecule has 20 heavy (non-hydrogen) atoms. The number of rotatable bonds is 2. The lowest BCUT2D eigenvalue weighted by atomic mass is 9.87. The summed E-state index contributed by atoms with van der Waals surface area (Å²) in [7, 11) is 0. The summed E-state index contributed by atoms with van der Waals surface area (Å²) in [4.78, 5) is 2.71. The van der Waals surface area contributed by atoms with Crippen LogP contribution in [0, 0.1) is 0 Å². The average Bonchev–Trinajstić information content (AvgIpc) is 2.93. The normalized spacial score (nSPS) is 35.7. The van der Waals surface area contributed by atoms with Gasteiger partial charge in [-0.2, -0.15) is 0 Å². The van der Waals surface area contributed by atoms with E-state index in [1.54, 1.807) is 0 Å². The van der Waals surface area contributed by atoms with Gasteiger partial charge in [-0.15, -0.1) is 0 Å². The van der Waals surface area contributed by atoms with Crippen molar-refractivity contribution >= 4 is 0 Å². The van der Waals surface area contributed by atoms with Crippen molar-refractivity contribution in [3.63, 3.8) is 0 Å². The summed E-state index contributed by atoms with van der Waals surface area (Å²) in [5.74, 6) is 0. The molecular formula is C17H32N2O. The standard InChI is InChI=1S/C17H32N2O/c1-15(2)12-18-17(8-5-6-9-17)13-19(15)11-14-7-10-16(3,4)20-14/h14,18H,5-13H2,1-4H3. The monoisotopic (exact) mass is 280 g/mol. The predicted octanol–water partition coefficient (Wildman–Crippen LogP) is 2.94. The summed E-state index contributed by atoms with van der Waals surface area (Å²) in [6, 6.07) is 0. The molecule has 2 saturated heterocycles. The van der Waals surface area contributed by atoms with Crippen molar-refractivity contribution in [2.75, 3.05) is 19.6 Å². The number of ether oxygens (including phenoxy) is 1. The Morgan fingerprint density at radius 3 is 2.40 bits per heavy atom. The Labute approximate surface area is 124 Å². The second-order valence-electron chi connectivity index (χ2n) is 8.57. The topological polar surface area (TPSA) is 24.5 Å². The van der Waals surface area contributed by atoms with Crippen molar-refractivity contribution in [1.29, 1.82) is 0 Å². The van der Waals surface area contributed by atoms with E-state index in [1.807, 2.05) is 0 Å². The van der Waals surface area contributed by atoms with E-state index in [4.69, 9.17) is 4.74 Å². The first kappa shape index (κ1) is 14.8. The van der Waals surface area contributed by atoms with Gasteiger partial charge in [0.2, 0.25) is 0 Å². The van der Waals surface area contributed by atoms with Crippen LogP contribution in [0.2, 0.25) is 0 Å². The third kappa shape index (κ3) is 2.90. The molecule has 0 aromatic rings. The Kier molecular flexibility index (Phi) is 3.67. The SMILES string of the molecule is CC1(C)CCC(CN2CC3(CCCC3)NCC2(C)C)O1. The van der Waals surface area contributed by atoms with Crippen molar-refractivity contribution in [2.45, 2.75) is 89.0 Å². The average molecular weight is 280 g/mol. The quantitative estimate of drug-likeness (QED) is 0.841. The zero-order valence-corrected chi connectivity index (χ0v) is 13.8. The molecule has 0 aromatic carbocycles. The summed E-state index contributed by atoms with van der Waals surface area (Å²) >= 11 is 0. The highest BCUT2D eigenvalue weighted by Crippen LogP contribution is 2.37. The lowest BCUT2D eigenvalue weighted by molar-refractivity contribution is -0.0574. The minimum atomic E-state index is 0.0912. The Balaban J connectivity index is 1.66. The van der Waals surface area contributed by atoms with Gasteiger partial charge in [-0.3, -0.25) is 4.90 Å². The molecule has 2 aliphatic heterocycles. The molecule has 0 aromatic heterocycles. The molecule has 1 N–H and O–H groups in total. The third-order valence-electron chi connectivity index (χ3n) is 5.78. The highest BCUT2D eigenvalue weighted by molar-refractivity contribution is 5.04. The maximum absolute atomic E-state index is 6.23. The highest BCUT2D eigenvalue weighted by atomic mass is 16.5. The lowest BCUT2D eigenvalue weighted by Crippen LogP contribution is -2.68. The van der Waals surface area contributed by atoms with Crippen molar-refractivity contribution in [3.05, 3.63) is 0 Å². The van der Waals surface area contributed by atoms with Gasteiger partial charge in [-0.05, 0) is 53.4 Å². The molecule has 1 unspecified atom stereocenters. The molecule has 3 aliphatic rings. The zero-order chi connectivity index (χ0) is 14.4. The van der Waals surface area contributed by atoms with Crippen LogP contribution in [0.5, 0.6) is 0 Å². The second kappa shape index (κ2) is 4.96. The van der Waals surface area contributed by atoms with Crippen LogP contribution in [0.4, 0.5) is 0 Å². The molecule has 3 rings (SSSR count). The second-order valence-corrected chi connectivity index (χ2v) is 8.57. The number of hydrogen-bond acceptors (Lipinski definition) is 3. The number of nitrogens with zero attached hydrogens (tertiary/aromatic N) is 1. The van der Waals surface area contributed by atoms with Gasteiger partial charge >= 0.3 is 0 Å². The molecular weight excluding hydrogens is 248 g/mol. The minimum Gasteiger partial charge on any atom is -0.371 e. The van der Waals surface area contributed by atoms with E-state index < -0.39 is 0 Å². The predicted molar refractivity (Wildman–Crippen MR) is 83.0 cm³/mol. The van der Waals surface area contributed by atoms with Gasteiger partial charge in [-0.25, -0.2) is 0 Å². The molecule has 0 amide bonds. The number of hydrogen-bond donors (Lipinski definition) is 1. The molecule has 116 valence electrons. The third-order valence-corrected chi connectivity index (χ3v) is 5.78. The number of nitrogens with one attached hydrogen (secondary N) is 1. The molecule has 3 nitrogen and oxygen atoms in total. The van der Waals surface area contributed by atoms with Crippen LogP contribution in [0.25, 0.3) is 0 Å².